The van der Waals surface area contributed by atoms with E-state index in [0.717, 1.165) is 16.4 Å². The molecule has 3 aromatic carbocycles. The number of carbonyl (C=O) groups is 1. The first-order valence-corrected chi connectivity index (χ1v) is 9.35. The lowest BCUT2D eigenvalue weighted by Gasteiger charge is -2.12. The van der Waals surface area contributed by atoms with Crippen LogP contribution in [0.25, 0.3) is 21.9 Å². The molecule has 0 aliphatic heterocycles. The summed E-state index contributed by atoms with van der Waals surface area (Å²) in [5.74, 6) is 0.411. The minimum atomic E-state index is -0.579. The van der Waals surface area contributed by atoms with Crippen LogP contribution in [-0.2, 0) is 4.79 Å². The molecule has 4 aromatic rings. The number of rotatable bonds is 7. The largest absolute Gasteiger partial charge is 0.496 e. The molecule has 9 nitrogen and oxygen atoms in total. The molecule has 9 heteroatoms. The summed E-state index contributed by atoms with van der Waals surface area (Å²) in [5.41, 5.74) is 1.79. The highest BCUT2D eigenvalue weighted by Crippen LogP contribution is 2.36. The molecule has 0 radical (unpaired) electrons. The fraction of sp³-hybridized carbons (Fsp3) is 0.136. The Hall–Kier alpha value is -4.27. The van der Waals surface area contributed by atoms with Gasteiger partial charge in [0.15, 0.2) is 0 Å². The molecule has 0 atom stereocenters. The van der Waals surface area contributed by atoms with Crippen molar-refractivity contribution < 1.29 is 23.6 Å². The molecule has 0 bridgehead atoms. The van der Waals surface area contributed by atoms with E-state index in [-0.39, 0.29) is 17.9 Å². The average molecular weight is 421 g/mol. The van der Waals surface area contributed by atoms with Gasteiger partial charge in [-0.1, -0.05) is 18.2 Å². The Morgan fingerprint density at radius 1 is 1.00 bits per heavy atom. The van der Waals surface area contributed by atoms with E-state index in [1.807, 2.05) is 30.3 Å². The first kappa shape index (κ1) is 20.0. The third-order valence-corrected chi connectivity index (χ3v) is 4.81. The van der Waals surface area contributed by atoms with Crippen molar-refractivity contribution in [2.24, 2.45) is 0 Å². The standard InChI is InChI=1S/C22H19N3O6/c1-29-13-7-8-16(18(9-13)25(27)28)24-22(26)12-23-17-11-20-15(10-21(17)30-2)14-5-3-4-6-19(14)31-20/h3-11,23H,12H2,1-2H3,(H,24,26). The Labute approximate surface area is 176 Å². The number of para-hydroxylation sites is 1. The quantitative estimate of drug-likeness (QED) is 0.332. The number of nitrogens with zero attached hydrogens (tertiary/aromatic N) is 1. The molecule has 2 N–H and O–H groups in total. The van der Waals surface area contributed by atoms with Crippen LogP contribution in [0, 0.1) is 10.1 Å². The first-order valence-electron chi connectivity index (χ1n) is 9.35. The van der Waals surface area contributed by atoms with Crippen molar-refractivity contribution >= 4 is 44.9 Å². The van der Waals surface area contributed by atoms with Crippen LogP contribution in [0.15, 0.2) is 59.0 Å². The Kier molecular flexibility index (Phi) is 5.31. The van der Waals surface area contributed by atoms with Gasteiger partial charge < -0.3 is 24.5 Å². The lowest BCUT2D eigenvalue weighted by Crippen LogP contribution is -2.22. The number of furan rings is 1. The summed E-state index contributed by atoms with van der Waals surface area (Å²) in [6.45, 7) is -0.134. The van der Waals surface area contributed by atoms with E-state index in [1.165, 1.54) is 32.4 Å². The van der Waals surface area contributed by atoms with Crippen molar-refractivity contribution in [3.8, 4) is 11.5 Å². The van der Waals surface area contributed by atoms with Crippen molar-refractivity contribution in [3.63, 3.8) is 0 Å². The van der Waals surface area contributed by atoms with Crippen LogP contribution in [0.1, 0.15) is 0 Å². The van der Waals surface area contributed by atoms with Gasteiger partial charge in [-0.05, 0) is 24.3 Å². The van der Waals surface area contributed by atoms with Crippen LogP contribution in [0.5, 0.6) is 11.5 Å². The monoisotopic (exact) mass is 421 g/mol. The zero-order valence-electron chi connectivity index (χ0n) is 16.8. The summed E-state index contributed by atoms with van der Waals surface area (Å²) in [5, 5.41) is 18.7. The van der Waals surface area contributed by atoms with Gasteiger partial charge in [-0.15, -0.1) is 0 Å². The topological polar surface area (TPSA) is 116 Å². The van der Waals surface area contributed by atoms with E-state index in [1.54, 1.807) is 6.07 Å². The molecule has 1 aromatic heterocycles. The number of ether oxygens (including phenoxy) is 2. The number of amides is 1. The molecule has 0 spiro atoms. The van der Waals surface area contributed by atoms with Crippen molar-refractivity contribution in [2.45, 2.75) is 0 Å². The number of hydrogen-bond donors (Lipinski definition) is 2. The van der Waals surface area contributed by atoms with Crippen LogP contribution in [0.3, 0.4) is 0 Å². The number of methoxy groups -OCH3 is 2. The number of nitrogens with one attached hydrogen (secondary N) is 2. The van der Waals surface area contributed by atoms with Gasteiger partial charge in [0, 0.05) is 16.8 Å². The third kappa shape index (κ3) is 3.93. The predicted octanol–water partition coefficient (Wildman–Crippen LogP) is 4.56. The van der Waals surface area contributed by atoms with Gasteiger partial charge in [-0.2, -0.15) is 0 Å². The van der Waals surface area contributed by atoms with Crippen molar-refractivity contribution in [2.75, 3.05) is 31.4 Å². The van der Waals surface area contributed by atoms with E-state index in [2.05, 4.69) is 10.6 Å². The van der Waals surface area contributed by atoms with Crippen molar-refractivity contribution in [3.05, 3.63) is 64.7 Å². The predicted molar refractivity (Wildman–Crippen MR) is 117 cm³/mol. The first-order chi connectivity index (χ1) is 15.0. The molecule has 31 heavy (non-hydrogen) atoms. The van der Waals surface area contributed by atoms with Crippen molar-refractivity contribution in [1.29, 1.82) is 0 Å². The maximum atomic E-state index is 12.4. The second-order valence-electron chi connectivity index (χ2n) is 6.69. The number of anilines is 2. The Morgan fingerprint density at radius 3 is 2.55 bits per heavy atom. The fourth-order valence-electron chi connectivity index (χ4n) is 3.32. The number of nitro benzene ring substituents is 1. The lowest BCUT2D eigenvalue weighted by atomic mass is 10.1. The average Bonchev–Trinajstić information content (AvgIpc) is 3.14. The lowest BCUT2D eigenvalue weighted by molar-refractivity contribution is -0.384. The van der Waals surface area contributed by atoms with Gasteiger partial charge in [0.05, 0.1) is 37.4 Å². The van der Waals surface area contributed by atoms with Gasteiger partial charge in [0.25, 0.3) is 5.69 Å². The number of carbonyl (C=O) groups excluding carboxylic acids is 1. The smallest absolute Gasteiger partial charge is 0.296 e. The number of nitro groups is 1. The van der Waals surface area contributed by atoms with Crippen LogP contribution >= 0.6 is 0 Å². The SMILES string of the molecule is COc1ccc(NC(=O)CNc2cc3oc4ccccc4c3cc2OC)c([N+](=O)[O-])c1. The summed E-state index contributed by atoms with van der Waals surface area (Å²) in [6.07, 6.45) is 0. The molecule has 0 aliphatic rings. The van der Waals surface area contributed by atoms with Crippen LogP contribution < -0.4 is 20.1 Å². The molecule has 0 saturated carbocycles. The van der Waals surface area contributed by atoms with Gasteiger partial charge in [-0.3, -0.25) is 14.9 Å². The summed E-state index contributed by atoms with van der Waals surface area (Å²) < 4.78 is 16.3. The second-order valence-corrected chi connectivity index (χ2v) is 6.69. The highest BCUT2D eigenvalue weighted by atomic mass is 16.6. The van der Waals surface area contributed by atoms with Gasteiger partial charge >= 0.3 is 0 Å². The van der Waals surface area contributed by atoms with Crippen LogP contribution in [0.4, 0.5) is 17.1 Å². The minimum absolute atomic E-state index is 0.0808. The van der Waals surface area contributed by atoms with Gasteiger partial charge in [0.1, 0.15) is 28.4 Å². The molecule has 0 unspecified atom stereocenters. The van der Waals surface area contributed by atoms with Crippen molar-refractivity contribution in [1.82, 2.24) is 0 Å². The molecule has 0 saturated heterocycles. The molecule has 0 fully saturated rings. The minimum Gasteiger partial charge on any atom is -0.496 e. The third-order valence-electron chi connectivity index (χ3n) is 4.81. The Morgan fingerprint density at radius 2 is 1.81 bits per heavy atom. The number of hydrogen-bond acceptors (Lipinski definition) is 7. The van der Waals surface area contributed by atoms with E-state index in [9.17, 15) is 14.9 Å². The van der Waals surface area contributed by atoms with E-state index in [4.69, 9.17) is 13.9 Å². The molecule has 1 heterocycles. The molecule has 0 aliphatic carbocycles. The highest BCUT2D eigenvalue weighted by Gasteiger charge is 2.18. The Balaban J connectivity index is 1.54. The molecule has 4 rings (SSSR count). The zero-order valence-corrected chi connectivity index (χ0v) is 16.8. The maximum Gasteiger partial charge on any atom is 0.296 e. The summed E-state index contributed by atoms with van der Waals surface area (Å²) in [7, 11) is 2.95. The molecular formula is C22H19N3O6. The van der Waals surface area contributed by atoms with E-state index < -0.39 is 10.8 Å². The second kappa shape index (κ2) is 8.23. The maximum absolute atomic E-state index is 12.4. The summed E-state index contributed by atoms with van der Waals surface area (Å²) >= 11 is 0. The van der Waals surface area contributed by atoms with Crippen LogP contribution in [-0.4, -0.2) is 31.6 Å². The van der Waals surface area contributed by atoms with E-state index in [0.29, 0.717) is 22.8 Å². The van der Waals surface area contributed by atoms with E-state index >= 15 is 0 Å². The molecular weight excluding hydrogens is 402 g/mol. The normalized spacial score (nSPS) is 10.8. The summed E-state index contributed by atoms with van der Waals surface area (Å²) in [4.78, 5) is 23.1. The highest BCUT2D eigenvalue weighted by molar-refractivity contribution is 6.07. The molecule has 1 amide bonds. The zero-order chi connectivity index (χ0) is 22.0. The number of fused-ring (bicyclic) bond motifs is 3. The van der Waals surface area contributed by atoms with Gasteiger partial charge in [0.2, 0.25) is 5.91 Å². The van der Waals surface area contributed by atoms with Crippen LogP contribution in [0.2, 0.25) is 0 Å². The molecule has 158 valence electrons. The van der Waals surface area contributed by atoms with Gasteiger partial charge in [-0.25, -0.2) is 0 Å². The number of benzene rings is 3. The summed E-state index contributed by atoms with van der Waals surface area (Å²) in [6, 6.07) is 15.5. The Bertz CT molecular complexity index is 1300. The fourth-order valence-corrected chi connectivity index (χ4v) is 3.32.